The van der Waals surface area contributed by atoms with Crippen LogP contribution in [0.1, 0.15) is 30.6 Å². The normalized spacial score (nSPS) is 13.0. The molecular formula is C18H22ClNO3S. The lowest BCUT2D eigenvalue weighted by atomic mass is 10.1. The molecule has 4 nitrogen and oxygen atoms in total. The maximum Gasteiger partial charge on any atom is 0.240 e. The van der Waals surface area contributed by atoms with E-state index >= 15 is 0 Å². The SMILES string of the molecule is CCCc1ccc(S(=O)(=O)NCC(OC)c2ccccc2Cl)cc1. The topological polar surface area (TPSA) is 55.4 Å². The van der Waals surface area contributed by atoms with Gasteiger partial charge in [0.1, 0.15) is 0 Å². The van der Waals surface area contributed by atoms with Gasteiger partial charge in [-0.15, -0.1) is 0 Å². The predicted octanol–water partition coefficient (Wildman–Crippen LogP) is 3.96. The van der Waals surface area contributed by atoms with Gasteiger partial charge in [0.15, 0.2) is 0 Å². The van der Waals surface area contributed by atoms with Crippen LogP contribution < -0.4 is 4.72 Å². The van der Waals surface area contributed by atoms with Gasteiger partial charge in [-0.25, -0.2) is 13.1 Å². The summed E-state index contributed by atoms with van der Waals surface area (Å²) in [5.41, 5.74) is 1.88. The molecule has 0 heterocycles. The number of halogens is 1. The van der Waals surface area contributed by atoms with Crippen LogP contribution in [0, 0.1) is 0 Å². The molecule has 2 aromatic carbocycles. The van der Waals surface area contributed by atoms with Gasteiger partial charge in [0, 0.05) is 24.2 Å². The van der Waals surface area contributed by atoms with Gasteiger partial charge >= 0.3 is 0 Å². The molecule has 1 N–H and O–H groups in total. The summed E-state index contributed by atoms with van der Waals surface area (Å²) in [6, 6.07) is 14.2. The Balaban J connectivity index is 2.09. The van der Waals surface area contributed by atoms with Crippen molar-refractivity contribution in [3.8, 4) is 0 Å². The van der Waals surface area contributed by atoms with Crippen molar-refractivity contribution in [3.05, 3.63) is 64.7 Å². The number of nitrogens with one attached hydrogen (secondary N) is 1. The zero-order valence-electron chi connectivity index (χ0n) is 13.8. The van der Waals surface area contributed by atoms with E-state index in [1.54, 1.807) is 18.2 Å². The van der Waals surface area contributed by atoms with Gasteiger partial charge in [-0.2, -0.15) is 0 Å². The van der Waals surface area contributed by atoms with E-state index in [4.69, 9.17) is 16.3 Å². The van der Waals surface area contributed by atoms with Crippen molar-refractivity contribution in [2.45, 2.75) is 30.8 Å². The summed E-state index contributed by atoms with van der Waals surface area (Å²) in [6.45, 7) is 2.20. The van der Waals surface area contributed by atoms with E-state index < -0.39 is 16.1 Å². The van der Waals surface area contributed by atoms with Crippen LogP contribution in [0.4, 0.5) is 0 Å². The molecule has 1 atom stereocenters. The second kappa shape index (κ2) is 8.62. The van der Waals surface area contributed by atoms with Gasteiger partial charge in [-0.05, 0) is 30.2 Å². The Hall–Kier alpha value is -1.40. The predicted molar refractivity (Wildman–Crippen MR) is 96.8 cm³/mol. The molecule has 0 amide bonds. The van der Waals surface area contributed by atoms with Gasteiger partial charge in [-0.1, -0.05) is 55.3 Å². The van der Waals surface area contributed by atoms with Gasteiger partial charge < -0.3 is 4.74 Å². The Kier molecular flexibility index (Phi) is 6.80. The zero-order chi connectivity index (χ0) is 17.6. The van der Waals surface area contributed by atoms with Crippen LogP contribution in [0.25, 0.3) is 0 Å². The third kappa shape index (κ3) is 4.80. The average molecular weight is 368 g/mol. The van der Waals surface area contributed by atoms with Crippen molar-refractivity contribution in [2.75, 3.05) is 13.7 Å². The number of ether oxygens (including phenoxy) is 1. The summed E-state index contributed by atoms with van der Waals surface area (Å²) in [4.78, 5) is 0.247. The third-order valence-electron chi connectivity index (χ3n) is 3.77. The first kappa shape index (κ1) is 18.9. The molecule has 0 aliphatic heterocycles. The minimum atomic E-state index is -3.59. The van der Waals surface area contributed by atoms with Crippen LogP contribution in [0.3, 0.4) is 0 Å². The van der Waals surface area contributed by atoms with Crippen molar-refractivity contribution in [3.63, 3.8) is 0 Å². The van der Waals surface area contributed by atoms with Crippen LogP contribution in [0.2, 0.25) is 5.02 Å². The molecule has 0 aliphatic carbocycles. The fraction of sp³-hybridized carbons (Fsp3) is 0.333. The van der Waals surface area contributed by atoms with Crippen molar-refractivity contribution in [1.29, 1.82) is 0 Å². The highest BCUT2D eigenvalue weighted by Crippen LogP contribution is 2.25. The lowest BCUT2D eigenvalue weighted by Crippen LogP contribution is -2.29. The minimum Gasteiger partial charge on any atom is -0.375 e. The molecule has 2 rings (SSSR count). The Morgan fingerprint density at radius 1 is 1.12 bits per heavy atom. The number of aryl methyl sites for hydroxylation is 1. The molecule has 1 unspecified atom stereocenters. The maximum atomic E-state index is 12.4. The fourth-order valence-corrected chi connectivity index (χ4v) is 3.74. The van der Waals surface area contributed by atoms with E-state index in [1.165, 1.54) is 7.11 Å². The van der Waals surface area contributed by atoms with Gasteiger partial charge in [0.05, 0.1) is 11.0 Å². The van der Waals surface area contributed by atoms with Crippen molar-refractivity contribution in [1.82, 2.24) is 4.72 Å². The summed E-state index contributed by atoms with van der Waals surface area (Å²) < 4.78 is 32.9. The minimum absolute atomic E-state index is 0.110. The van der Waals surface area contributed by atoms with E-state index in [9.17, 15) is 8.42 Å². The van der Waals surface area contributed by atoms with E-state index in [2.05, 4.69) is 11.6 Å². The van der Waals surface area contributed by atoms with E-state index in [1.807, 2.05) is 30.3 Å². The number of rotatable bonds is 8. The van der Waals surface area contributed by atoms with Crippen LogP contribution in [-0.4, -0.2) is 22.1 Å². The monoisotopic (exact) mass is 367 g/mol. The summed E-state index contributed by atoms with van der Waals surface area (Å²) in [7, 11) is -2.06. The van der Waals surface area contributed by atoms with Crippen molar-refractivity contribution in [2.24, 2.45) is 0 Å². The van der Waals surface area contributed by atoms with Crippen LogP contribution in [-0.2, 0) is 21.2 Å². The maximum absolute atomic E-state index is 12.4. The summed E-state index contributed by atoms with van der Waals surface area (Å²) in [6.07, 6.45) is 1.51. The molecular weight excluding hydrogens is 346 g/mol. The molecule has 24 heavy (non-hydrogen) atoms. The number of sulfonamides is 1. The first-order chi connectivity index (χ1) is 11.5. The van der Waals surface area contributed by atoms with Gasteiger partial charge in [0.2, 0.25) is 10.0 Å². The Labute approximate surface area is 148 Å². The number of benzene rings is 2. The summed E-state index contributed by atoms with van der Waals surface area (Å²) in [5, 5.41) is 0.549. The lowest BCUT2D eigenvalue weighted by Gasteiger charge is -2.18. The lowest BCUT2D eigenvalue weighted by molar-refractivity contribution is 0.107. The standard InChI is InChI=1S/C18H22ClNO3S/c1-3-6-14-9-11-15(12-10-14)24(21,22)20-13-18(23-2)16-7-4-5-8-17(16)19/h4-5,7-12,18,20H,3,6,13H2,1-2H3. The Bertz CT molecular complexity index is 760. The molecule has 130 valence electrons. The van der Waals surface area contributed by atoms with Crippen LogP contribution in [0.15, 0.2) is 53.4 Å². The molecule has 0 spiro atoms. The largest absolute Gasteiger partial charge is 0.375 e. The van der Waals surface area contributed by atoms with Crippen LogP contribution in [0.5, 0.6) is 0 Å². The Morgan fingerprint density at radius 3 is 2.38 bits per heavy atom. The molecule has 2 aromatic rings. The number of hydrogen-bond acceptors (Lipinski definition) is 3. The second-order valence-corrected chi connectivity index (χ2v) is 7.67. The Morgan fingerprint density at radius 2 is 1.79 bits per heavy atom. The molecule has 6 heteroatoms. The molecule has 0 saturated heterocycles. The quantitative estimate of drug-likeness (QED) is 0.768. The molecule has 0 bridgehead atoms. The molecule has 0 fully saturated rings. The first-order valence-corrected chi connectivity index (χ1v) is 9.70. The van der Waals surface area contributed by atoms with Crippen LogP contribution >= 0.6 is 11.6 Å². The second-order valence-electron chi connectivity index (χ2n) is 5.49. The highest BCUT2D eigenvalue weighted by Gasteiger charge is 2.19. The third-order valence-corrected chi connectivity index (χ3v) is 5.55. The summed E-state index contributed by atoms with van der Waals surface area (Å²) in [5.74, 6) is 0. The van der Waals surface area contributed by atoms with Gasteiger partial charge in [-0.3, -0.25) is 0 Å². The smallest absolute Gasteiger partial charge is 0.240 e. The summed E-state index contributed by atoms with van der Waals surface area (Å²) >= 11 is 6.15. The van der Waals surface area contributed by atoms with Gasteiger partial charge in [0.25, 0.3) is 0 Å². The zero-order valence-corrected chi connectivity index (χ0v) is 15.4. The van der Waals surface area contributed by atoms with E-state index in [0.29, 0.717) is 5.02 Å². The highest BCUT2D eigenvalue weighted by atomic mass is 35.5. The fourth-order valence-electron chi connectivity index (χ4n) is 2.45. The van der Waals surface area contributed by atoms with E-state index in [-0.39, 0.29) is 11.4 Å². The first-order valence-electron chi connectivity index (χ1n) is 7.83. The molecule has 0 saturated carbocycles. The van der Waals surface area contributed by atoms with Crippen molar-refractivity contribution < 1.29 is 13.2 Å². The average Bonchev–Trinajstić information content (AvgIpc) is 2.57. The highest BCUT2D eigenvalue weighted by molar-refractivity contribution is 7.89. The molecule has 0 aromatic heterocycles. The molecule has 0 aliphatic rings. The number of methoxy groups -OCH3 is 1. The molecule has 0 radical (unpaired) electrons. The van der Waals surface area contributed by atoms with Crippen molar-refractivity contribution >= 4 is 21.6 Å². The van der Waals surface area contributed by atoms with E-state index in [0.717, 1.165) is 24.0 Å². The number of hydrogen-bond donors (Lipinski definition) is 1.